The van der Waals surface area contributed by atoms with E-state index in [1.54, 1.807) is 16.9 Å². The summed E-state index contributed by atoms with van der Waals surface area (Å²) in [4.78, 5) is 14.3. The highest BCUT2D eigenvalue weighted by Crippen LogP contribution is 2.18. The molecule has 1 saturated heterocycles. The maximum Gasteiger partial charge on any atom is 0.239 e. The summed E-state index contributed by atoms with van der Waals surface area (Å²) < 4.78 is 7.34. The fourth-order valence-electron chi connectivity index (χ4n) is 2.98. The van der Waals surface area contributed by atoms with Crippen molar-refractivity contribution in [3.05, 3.63) is 47.1 Å². The van der Waals surface area contributed by atoms with Crippen LogP contribution in [0.15, 0.2) is 36.5 Å². The lowest BCUT2D eigenvalue weighted by Gasteiger charge is -2.20. The van der Waals surface area contributed by atoms with Gasteiger partial charge in [-0.2, -0.15) is 5.10 Å². The van der Waals surface area contributed by atoms with E-state index in [2.05, 4.69) is 10.4 Å². The number of carbonyl (C=O) groups excluding carboxylic acids is 1. The van der Waals surface area contributed by atoms with Crippen molar-refractivity contribution < 1.29 is 9.53 Å². The van der Waals surface area contributed by atoms with Crippen molar-refractivity contribution in [1.82, 2.24) is 14.7 Å². The zero-order valence-electron chi connectivity index (χ0n) is 14.3. The lowest BCUT2D eigenvalue weighted by molar-refractivity contribution is -0.117. The Kier molecular flexibility index (Phi) is 6.07. The summed E-state index contributed by atoms with van der Waals surface area (Å²) in [5, 5.41) is 7.89. The topological polar surface area (TPSA) is 59.4 Å². The molecule has 6 nitrogen and oxygen atoms in total. The molecule has 2 aromatic rings. The number of amides is 1. The molecule has 1 unspecified atom stereocenters. The third kappa shape index (κ3) is 5.04. The summed E-state index contributed by atoms with van der Waals surface area (Å²) in [7, 11) is 1.93. The van der Waals surface area contributed by atoms with Crippen LogP contribution in [0.25, 0.3) is 0 Å². The van der Waals surface area contributed by atoms with Gasteiger partial charge in [-0.25, -0.2) is 4.68 Å². The summed E-state index contributed by atoms with van der Waals surface area (Å²) in [6.45, 7) is 2.42. The molecule has 1 aromatic carbocycles. The van der Waals surface area contributed by atoms with Crippen LogP contribution in [0.2, 0.25) is 5.02 Å². The molecule has 1 aliphatic heterocycles. The third-order valence-electron chi connectivity index (χ3n) is 4.21. The van der Waals surface area contributed by atoms with Crippen LogP contribution >= 0.6 is 11.6 Å². The Bertz CT molecular complexity index is 713. The molecule has 1 atom stereocenters. The first kappa shape index (κ1) is 17.9. The van der Waals surface area contributed by atoms with Gasteiger partial charge in [0.25, 0.3) is 0 Å². The summed E-state index contributed by atoms with van der Waals surface area (Å²) in [5.74, 6) is 0.594. The zero-order chi connectivity index (χ0) is 17.6. The van der Waals surface area contributed by atoms with Crippen LogP contribution in [0, 0.1) is 0 Å². The Hall–Kier alpha value is -1.89. The van der Waals surface area contributed by atoms with Gasteiger partial charge in [0, 0.05) is 24.2 Å². The number of carbonyl (C=O) groups is 1. The van der Waals surface area contributed by atoms with E-state index >= 15 is 0 Å². The van der Waals surface area contributed by atoms with Crippen LogP contribution in [0.3, 0.4) is 0 Å². The first-order valence-electron chi connectivity index (χ1n) is 8.47. The number of anilines is 1. The Morgan fingerprint density at radius 1 is 1.44 bits per heavy atom. The van der Waals surface area contributed by atoms with E-state index in [1.165, 1.54) is 0 Å². The van der Waals surface area contributed by atoms with E-state index < -0.39 is 0 Å². The standard InChI is InChI=1S/C18H23ClN4O2/c1-22(12-15-6-4-10-25-15)13-18(24)21-17-8-9-20-23(17)11-14-5-2-3-7-16(14)19/h2-3,5,7-9,15H,4,6,10-13H2,1H3,(H,21,24). The van der Waals surface area contributed by atoms with E-state index in [-0.39, 0.29) is 12.0 Å². The van der Waals surface area contributed by atoms with Gasteiger partial charge in [0.2, 0.25) is 5.91 Å². The van der Waals surface area contributed by atoms with Crippen molar-refractivity contribution in [2.75, 3.05) is 32.1 Å². The van der Waals surface area contributed by atoms with Crippen molar-refractivity contribution in [3.63, 3.8) is 0 Å². The number of hydrogen-bond acceptors (Lipinski definition) is 4. The monoisotopic (exact) mass is 362 g/mol. The maximum absolute atomic E-state index is 12.3. The molecule has 2 heterocycles. The quantitative estimate of drug-likeness (QED) is 0.822. The lowest BCUT2D eigenvalue weighted by Crippen LogP contribution is -2.35. The van der Waals surface area contributed by atoms with Crippen molar-refractivity contribution >= 4 is 23.3 Å². The smallest absolute Gasteiger partial charge is 0.239 e. The molecule has 7 heteroatoms. The normalized spacial score (nSPS) is 17.2. The van der Waals surface area contributed by atoms with E-state index in [0.717, 1.165) is 31.6 Å². The molecule has 1 amide bonds. The molecule has 0 spiro atoms. The SMILES string of the molecule is CN(CC(=O)Nc1ccnn1Cc1ccccc1Cl)CC1CCCO1. The van der Waals surface area contributed by atoms with Crippen LogP contribution in [-0.2, 0) is 16.1 Å². The molecule has 1 N–H and O–H groups in total. The predicted molar refractivity (Wildman–Crippen MR) is 97.9 cm³/mol. The van der Waals surface area contributed by atoms with E-state index in [9.17, 15) is 4.79 Å². The minimum Gasteiger partial charge on any atom is -0.377 e. The number of halogens is 1. The second kappa shape index (κ2) is 8.47. The number of aromatic nitrogens is 2. The number of nitrogens with one attached hydrogen (secondary N) is 1. The lowest BCUT2D eigenvalue weighted by atomic mass is 10.2. The molecular formula is C18H23ClN4O2. The average Bonchev–Trinajstić information content (AvgIpc) is 3.22. The number of likely N-dealkylation sites (N-methyl/N-ethyl adjacent to an activating group) is 1. The van der Waals surface area contributed by atoms with Gasteiger partial charge in [-0.1, -0.05) is 29.8 Å². The van der Waals surface area contributed by atoms with E-state index in [4.69, 9.17) is 16.3 Å². The molecule has 0 saturated carbocycles. The van der Waals surface area contributed by atoms with Gasteiger partial charge in [0.05, 0.1) is 25.4 Å². The van der Waals surface area contributed by atoms with Crippen molar-refractivity contribution in [2.24, 2.45) is 0 Å². The summed E-state index contributed by atoms with van der Waals surface area (Å²) in [6.07, 6.45) is 4.08. The van der Waals surface area contributed by atoms with Gasteiger partial charge in [-0.05, 0) is 31.5 Å². The number of rotatable bonds is 7. The fourth-order valence-corrected chi connectivity index (χ4v) is 3.18. The minimum absolute atomic E-state index is 0.0681. The third-order valence-corrected chi connectivity index (χ3v) is 4.58. The minimum atomic E-state index is -0.0681. The van der Waals surface area contributed by atoms with Gasteiger partial charge in [0.15, 0.2) is 0 Å². The van der Waals surface area contributed by atoms with Crippen LogP contribution in [-0.4, -0.2) is 53.4 Å². The van der Waals surface area contributed by atoms with Gasteiger partial charge in [-0.3, -0.25) is 9.69 Å². The number of ether oxygens (including phenoxy) is 1. The average molecular weight is 363 g/mol. The predicted octanol–water partition coefficient (Wildman–Crippen LogP) is 2.63. The van der Waals surface area contributed by atoms with Crippen molar-refractivity contribution in [1.29, 1.82) is 0 Å². The van der Waals surface area contributed by atoms with Crippen LogP contribution in [0.4, 0.5) is 5.82 Å². The Morgan fingerprint density at radius 2 is 2.28 bits per heavy atom. The molecule has 1 fully saturated rings. The van der Waals surface area contributed by atoms with Gasteiger partial charge >= 0.3 is 0 Å². The number of nitrogens with zero attached hydrogens (tertiary/aromatic N) is 3. The Labute approximate surface area is 152 Å². The highest BCUT2D eigenvalue weighted by atomic mass is 35.5. The molecule has 0 radical (unpaired) electrons. The summed E-state index contributed by atoms with van der Waals surface area (Å²) in [5.41, 5.74) is 0.957. The second-order valence-corrected chi connectivity index (χ2v) is 6.75. The number of hydrogen-bond donors (Lipinski definition) is 1. The molecule has 0 aliphatic carbocycles. The largest absolute Gasteiger partial charge is 0.377 e. The van der Waals surface area contributed by atoms with Gasteiger partial charge < -0.3 is 10.1 Å². The van der Waals surface area contributed by atoms with Crippen LogP contribution in [0.1, 0.15) is 18.4 Å². The van der Waals surface area contributed by atoms with Crippen LogP contribution in [0.5, 0.6) is 0 Å². The first-order valence-corrected chi connectivity index (χ1v) is 8.85. The van der Waals surface area contributed by atoms with Crippen LogP contribution < -0.4 is 5.32 Å². The van der Waals surface area contributed by atoms with E-state index in [0.29, 0.717) is 23.9 Å². The first-order chi connectivity index (χ1) is 12.1. The van der Waals surface area contributed by atoms with Crippen molar-refractivity contribution in [3.8, 4) is 0 Å². The molecule has 134 valence electrons. The zero-order valence-corrected chi connectivity index (χ0v) is 15.1. The molecular weight excluding hydrogens is 340 g/mol. The molecule has 3 rings (SSSR count). The maximum atomic E-state index is 12.3. The van der Waals surface area contributed by atoms with Gasteiger partial charge in [0.1, 0.15) is 5.82 Å². The molecule has 1 aromatic heterocycles. The van der Waals surface area contributed by atoms with Crippen molar-refractivity contribution in [2.45, 2.75) is 25.5 Å². The molecule has 25 heavy (non-hydrogen) atoms. The Balaban J connectivity index is 1.55. The molecule has 1 aliphatic rings. The highest BCUT2D eigenvalue weighted by molar-refractivity contribution is 6.31. The second-order valence-electron chi connectivity index (χ2n) is 6.35. The fraction of sp³-hybridized carbons (Fsp3) is 0.444. The van der Waals surface area contributed by atoms with E-state index in [1.807, 2.05) is 36.2 Å². The Morgan fingerprint density at radius 3 is 3.04 bits per heavy atom. The number of benzene rings is 1. The summed E-state index contributed by atoms with van der Waals surface area (Å²) in [6, 6.07) is 9.41. The van der Waals surface area contributed by atoms with Gasteiger partial charge in [-0.15, -0.1) is 0 Å². The molecule has 0 bridgehead atoms. The highest BCUT2D eigenvalue weighted by Gasteiger charge is 2.19. The summed E-state index contributed by atoms with van der Waals surface area (Å²) >= 11 is 6.20.